The molecular weight excluding hydrogens is 450 g/mol. The molecule has 1 heterocycles. The van der Waals surface area contributed by atoms with Crippen LogP contribution in [-0.4, -0.2) is 29.9 Å². The summed E-state index contributed by atoms with van der Waals surface area (Å²) in [4.78, 5) is 38.9. The van der Waals surface area contributed by atoms with Gasteiger partial charge in [0.05, 0.1) is 40.2 Å². The lowest BCUT2D eigenvalue weighted by molar-refractivity contribution is 0.0923. The van der Waals surface area contributed by atoms with Gasteiger partial charge in [-0.25, -0.2) is 4.90 Å². The van der Waals surface area contributed by atoms with Gasteiger partial charge in [-0.2, -0.15) is 0 Å². The molecule has 0 radical (unpaired) electrons. The van der Waals surface area contributed by atoms with Gasteiger partial charge in [-0.1, -0.05) is 35.9 Å². The Morgan fingerprint density at radius 3 is 2.22 bits per heavy atom. The number of anilines is 2. The number of nitrogens with one attached hydrogen (secondary N) is 2. The summed E-state index contributed by atoms with van der Waals surface area (Å²) in [5.74, 6) is -0.862. The fourth-order valence-corrected chi connectivity index (χ4v) is 3.75. The number of halogens is 1. The molecule has 0 bridgehead atoms. The van der Waals surface area contributed by atoms with Crippen LogP contribution in [0, 0.1) is 0 Å². The van der Waals surface area contributed by atoms with E-state index in [1.54, 1.807) is 60.7 Å². The molecule has 3 amide bonds. The first-order chi connectivity index (χ1) is 15.4. The van der Waals surface area contributed by atoms with E-state index in [1.165, 1.54) is 13.2 Å². The Kier molecular flexibility index (Phi) is 5.89. The maximum Gasteiger partial charge on any atom is 0.266 e. The third kappa shape index (κ3) is 3.93. The van der Waals surface area contributed by atoms with Gasteiger partial charge in [0, 0.05) is 0 Å². The average Bonchev–Trinajstić information content (AvgIpc) is 3.05. The van der Waals surface area contributed by atoms with Gasteiger partial charge in [-0.3, -0.25) is 19.7 Å². The SMILES string of the molecule is COc1ccccc1C(=O)NC(=S)Nc1ccc(N2C(=O)c3ccccc3C2=O)cc1Cl. The second-order valence-corrected chi connectivity index (χ2v) is 7.58. The summed E-state index contributed by atoms with van der Waals surface area (Å²) in [6.07, 6.45) is 0. The highest BCUT2D eigenvalue weighted by Gasteiger charge is 2.36. The largest absolute Gasteiger partial charge is 0.496 e. The monoisotopic (exact) mass is 465 g/mol. The summed E-state index contributed by atoms with van der Waals surface area (Å²) in [6.45, 7) is 0. The van der Waals surface area contributed by atoms with Crippen LogP contribution in [-0.2, 0) is 0 Å². The summed E-state index contributed by atoms with van der Waals surface area (Å²) in [5.41, 5.74) is 1.74. The third-order valence-corrected chi connectivity index (χ3v) is 5.35. The molecule has 160 valence electrons. The van der Waals surface area contributed by atoms with Crippen molar-refractivity contribution in [1.29, 1.82) is 0 Å². The Hall–Kier alpha value is -3.75. The van der Waals surface area contributed by atoms with Crippen LogP contribution in [0.4, 0.5) is 11.4 Å². The Morgan fingerprint density at radius 1 is 0.969 bits per heavy atom. The van der Waals surface area contributed by atoms with E-state index in [0.717, 1.165) is 4.90 Å². The molecule has 0 spiro atoms. The fraction of sp³-hybridized carbons (Fsp3) is 0.0435. The maximum atomic E-state index is 12.7. The molecule has 0 unspecified atom stereocenters. The van der Waals surface area contributed by atoms with Gasteiger partial charge in [-0.15, -0.1) is 0 Å². The number of methoxy groups -OCH3 is 1. The summed E-state index contributed by atoms with van der Waals surface area (Å²) in [7, 11) is 1.47. The standard InChI is InChI=1S/C23H16ClN3O4S/c1-31-19-9-5-4-8-16(19)20(28)26-23(32)25-18-11-10-13(12-17(18)24)27-21(29)14-6-2-3-7-15(14)22(27)30/h2-12H,1H3,(H2,25,26,28,32). The van der Waals surface area contributed by atoms with Crippen molar-refractivity contribution in [1.82, 2.24) is 5.32 Å². The number of imide groups is 1. The first-order valence-electron chi connectivity index (χ1n) is 9.43. The summed E-state index contributed by atoms with van der Waals surface area (Å²) >= 11 is 11.6. The molecule has 0 aliphatic carbocycles. The van der Waals surface area contributed by atoms with E-state index < -0.39 is 17.7 Å². The zero-order valence-corrected chi connectivity index (χ0v) is 18.3. The molecule has 4 rings (SSSR count). The number of thiocarbonyl (C=S) groups is 1. The normalized spacial score (nSPS) is 12.4. The number of ether oxygens (including phenoxy) is 1. The molecule has 0 aromatic heterocycles. The number of nitrogens with zero attached hydrogens (tertiary/aromatic N) is 1. The molecule has 9 heteroatoms. The van der Waals surface area contributed by atoms with Crippen LogP contribution in [0.15, 0.2) is 66.7 Å². The minimum atomic E-state index is -0.446. The number of para-hydroxylation sites is 1. The van der Waals surface area contributed by atoms with E-state index >= 15 is 0 Å². The molecule has 2 N–H and O–H groups in total. The number of carbonyl (C=O) groups is 3. The second kappa shape index (κ2) is 8.78. The van der Waals surface area contributed by atoms with Crippen molar-refractivity contribution in [2.45, 2.75) is 0 Å². The lowest BCUT2D eigenvalue weighted by Crippen LogP contribution is -2.34. The van der Waals surface area contributed by atoms with Crippen LogP contribution in [0.25, 0.3) is 0 Å². The first-order valence-corrected chi connectivity index (χ1v) is 10.2. The minimum absolute atomic E-state index is 0.0243. The number of carbonyl (C=O) groups excluding carboxylic acids is 3. The van der Waals surface area contributed by atoms with Crippen LogP contribution in [0.5, 0.6) is 5.75 Å². The molecule has 7 nitrogen and oxygen atoms in total. The molecule has 0 saturated carbocycles. The van der Waals surface area contributed by atoms with Crippen LogP contribution < -0.4 is 20.3 Å². The molecule has 32 heavy (non-hydrogen) atoms. The number of benzene rings is 3. The zero-order valence-electron chi connectivity index (χ0n) is 16.7. The van der Waals surface area contributed by atoms with Gasteiger partial charge >= 0.3 is 0 Å². The topological polar surface area (TPSA) is 87.7 Å². The maximum absolute atomic E-state index is 12.7. The Morgan fingerprint density at radius 2 is 1.59 bits per heavy atom. The van der Waals surface area contributed by atoms with Gasteiger partial charge in [0.15, 0.2) is 5.11 Å². The Balaban J connectivity index is 1.49. The van der Waals surface area contributed by atoms with Gasteiger partial charge in [-0.05, 0) is 54.7 Å². The molecule has 0 atom stereocenters. The highest BCUT2D eigenvalue weighted by atomic mass is 35.5. The van der Waals surface area contributed by atoms with E-state index in [4.69, 9.17) is 28.6 Å². The van der Waals surface area contributed by atoms with Crippen LogP contribution >= 0.6 is 23.8 Å². The van der Waals surface area contributed by atoms with E-state index in [2.05, 4.69) is 10.6 Å². The van der Waals surface area contributed by atoms with Crippen molar-refractivity contribution < 1.29 is 19.1 Å². The van der Waals surface area contributed by atoms with Gasteiger partial charge in [0.1, 0.15) is 5.75 Å². The molecule has 0 saturated heterocycles. The smallest absolute Gasteiger partial charge is 0.266 e. The van der Waals surface area contributed by atoms with Crippen molar-refractivity contribution >= 4 is 58.0 Å². The molecule has 3 aromatic rings. The van der Waals surface area contributed by atoms with Gasteiger partial charge < -0.3 is 10.1 Å². The van der Waals surface area contributed by atoms with Crippen molar-refractivity contribution in [3.8, 4) is 5.75 Å². The quantitative estimate of drug-likeness (QED) is 0.442. The molecule has 1 aliphatic rings. The molecular formula is C23H16ClN3O4S. The predicted molar refractivity (Wildman–Crippen MR) is 126 cm³/mol. The summed E-state index contributed by atoms with van der Waals surface area (Å²) in [5, 5.41) is 5.65. The number of fused-ring (bicyclic) bond motifs is 1. The van der Waals surface area contributed by atoms with Crippen molar-refractivity contribution in [2.24, 2.45) is 0 Å². The highest BCUT2D eigenvalue weighted by Crippen LogP contribution is 2.32. The molecule has 3 aromatic carbocycles. The van der Waals surface area contributed by atoms with Gasteiger partial charge in [0.2, 0.25) is 0 Å². The minimum Gasteiger partial charge on any atom is -0.496 e. The van der Waals surface area contributed by atoms with Crippen LogP contribution in [0.1, 0.15) is 31.1 Å². The number of hydrogen-bond acceptors (Lipinski definition) is 5. The summed E-state index contributed by atoms with van der Waals surface area (Å²) < 4.78 is 5.18. The van der Waals surface area contributed by atoms with Crippen molar-refractivity contribution in [2.75, 3.05) is 17.3 Å². The Labute approximate surface area is 193 Å². The Bertz CT molecular complexity index is 1240. The molecule has 0 fully saturated rings. The average molecular weight is 466 g/mol. The lowest BCUT2D eigenvalue weighted by Gasteiger charge is -2.17. The number of amides is 3. The second-order valence-electron chi connectivity index (χ2n) is 6.76. The van der Waals surface area contributed by atoms with E-state index in [1.807, 2.05) is 0 Å². The van der Waals surface area contributed by atoms with Crippen molar-refractivity contribution in [3.05, 3.63) is 88.4 Å². The summed E-state index contributed by atoms with van der Waals surface area (Å²) in [6, 6.07) is 18.0. The predicted octanol–water partition coefficient (Wildman–Crippen LogP) is 4.28. The van der Waals surface area contributed by atoms with Crippen LogP contribution in [0.3, 0.4) is 0 Å². The van der Waals surface area contributed by atoms with E-state index in [-0.39, 0.29) is 10.1 Å². The zero-order chi connectivity index (χ0) is 22.8. The van der Waals surface area contributed by atoms with Crippen molar-refractivity contribution in [3.63, 3.8) is 0 Å². The third-order valence-electron chi connectivity index (χ3n) is 4.83. The van der Waals surface area contributed by atoms with Crippen LogP contribution in [0.2, 0.25) is 5.02 Å². The molecule has 1 aliphatic heterocycles. The fourth-order valence-electron chi connectivity index (χ4n) is 3.32. The lowest BCUT2D eigenvalue weighted by atomic mass is 10.1. The highest BCUT2D eigenvalue weighted by molar-refractivity contribution is 7.80. The number of hydrogen-bond donors (Lipinski definition) is 2. The van der Waals surface area contributed by atoms with E-state index in [0.29, 0.717) is 33.8 Å². The van der Waals surface area contributed by atoms with Gasteiger partial charge in [0.25, 0.3) is 17.7 Å². The van der Waals surface area contributed by atoms with E-state index in [9.17, 15) is 14.4 Å². The first kappa shape index (κ1) is 21.5. The number of rotatable bonds is 4.